The molecule has 2 bridgehead atoms. The Hall–Kier alpha value is -1.26. The third-order valence-electron chi connectivity index (χ3n) is 4.15. The molecule has 108 valence electrons. The molecule has 19 heavy (non-hydrogen) atoms. The zero-order valence-corrected chi connectivity index (χ0v) is 12.0. The predicted octanol–water partition coefficient (Wildman–Crippen LogP) is 2.35. The van der Waals surface area contributed by atoms with Gasteiger partial charge in [0.05, 0.1) is 0 Å². The van der Waals surface area contributed by atoms with Gasteiger partial charge in [-0.3, -0.25) is 4.79 Å². The molecule has 2 unspecified atom stereocenters. The minimum Gasteiger partial charge on any atom is -0.481 e. The number of carbonyl (C=O) groups is 2. The average molecular weight is 269 g/mol. The lowest BCUT2D eigenvalue weighted by Gasteiger charge is -2.40. The highest BCUT2D eigenvalue weighted by molar-refractivity contribution is 5.70. The van der Waals surface area contributed by atoms with Crippen molar-refractivity contribution in [2.45, 2.75) is 52.2 Å². The summed E-state index contributed by atoms with van der Waals surface area (Å²) in [5.74, 6) is 0.131. The average Bonchev–Trinajstić information content (AvgIpc) is 2.69. The van der Waals surface area contributed by atoms with E-state index in [4.69, 9.17) is 9.84 Å². The molecule has 3 rings (SSSR count). The van der Waals surface area contributed by atoms with Gasteiger partial charge in [-0.15, -0.1) is 0 Å². The maximum absolute atomic E-state index is 12.1. The molecule has 2 saturated heterocycles. The van der Waals surface area contributed by atoms with E-state index in [1.54, 1.807) is 4.90 Å². The van der Waals surface area contributed by atoms with Crippen LogP contribution in [0.3, 0.4) is 0 Å². The number of fused-ring (bicyclic) bond motifs is 1. The van der Waals surface area contributed by atoms with Gasteiger partial charge in [-0.2, -0.15) is 0 Å². The summed E-state index contributed by atoms with van der Waals surface area (Å²) in [4.78, 5) is 24.7. The maximum atomic E-state index is 12.1. The van der Waals surface area contributed by atoms with Crippen LogP contribution in [-0.4, -0.2) is 40.3 Å². The molecule has 5 nitrogen and oxygen atoms in total. The number of hydrogen-bond donors (Lipinski definition) is 1. The molecule has 0 aromatic carbocycles. The standard InChI is InChI=1S/C14H23NO4/c1-8(5-11(16)17)12-9-6-10(12)15(7-9)13(18)19-14(2,3)4/h8-10,12H,5-7H2,1-4H3,(H,16,17)/t8?,9-,10-,12?/m0/s1. The highest BCUT2D eigenvalue weighted by atomic mass is 16.6. The van der Waals surface area contributed by atoms with Crippen LogP contribution >= 0.6 is 0 Å². The molecule has 1 aliphatic carbocycles. The highest BCUT2D eigenvalue weighted by Gasteiger charge is 2.56. The van der Waals surface area contributed by atoms with E-state index in [0.717, 1.165) is 6.42 Å². The Morgan fingerprint density at radius 3 is 2.58 bits per heavy atom. The Kier molecular flexibility index (Phi) is 3.49. The number of carbonyl (C=O) groups excluding carboxylic acids is 1. The van der Waals surface area contributed by atoms with Crippen LogP contribution in [0, 0.1) is 17.8 Å². The van der Waals surface area contributed by atoms with Crippen LogP contribution in [0.5, 0.6) is 0 Å². The van der Waals surface area contributed by atoms with Crippen LogP contribution in [0.2, 0.25) is 0 Å². The van der Waals surface area contributed by atoms with Crippen molar-refractivity contribution in [2.24, 2.45) is 17.8 Å². The number of amides is 1. The van der Waals surface area contributed by atoms with E-state index in [1.807, 2.05) is 27.7 Å². The van der Waals surface area contributed by atoms with E-state index in [1.165, 1.54) is 0 Å². The quantitative estimate of drug-likeness (QED) is 0.854. The molecule has 0 aromatic heterocycles. The van der Waals surface area contributed by atoms with Gasteiger partial charge in [-0.25, -0.2) is 4.79 Å². The molecule has 5 heteroatoms. The summed E-state index contributed by atoms with van der Waals surface area (Å²) >= 11 is 0. The second-order valence-electron chi connectivity index (χ2n) is 6.85. The first-order chi connectivity index (χ1) is 8.69. The Morgan fingerprint density at radius 1 is 1.42 bits per heavy atom. The summed E-state index contributed by atoms with van der Waals surface area (Å²) in [6.07, 6.45) is 0.915. The van der Waals surface area contributed by atoms with Gasteiger partial charge >= 0.3 is 12.1 Å². The summed E-state index contributed by atoms with van der Waals surface area (Å²) in [5.41, 5.74) is -0.480. The summed E-state index contributed by atoms with van der Waals surface area (Å²) < 4.78 is 5.40. The molecule has 1 saturated carbocycles. The number of ether oxygens (including phenoxy) is 1. The highest BCUT2D eigenvalue weighted by Crippen LogP contribution is 2.50. The van der Waals surface area contributed by atoms with Gasteiger partial charge in [0, 0.05) is 19.0 Å². The molecule has 4 atom stereocenters. The lowest BCUT2D eigenvalue weighted by Crippen LogP contribution is -2.45. The van der Waals surface area contributed by atoms with Crippen molar-refractivity contribution in [3.8, 4) is 0 Å². The van der Waals surface area contributed by atoms with Crippen LogP contribution in [-0.2, 0) is 9.53 Å². The first-order valence-corrected chi connectivity index (χ1v) is 6.90. The van der Waals surface area contributed by atoms with E-state index < -0.39 is 11.6 Å². The van der Waals surface area contributed by atoms with Crippen molar-refractivity contribution in [1.82, 2.24) is 4.90 Å². The van der Waals surface area contributed by atoms with Crippen LogP contribution < -0.4 is 0 Å². The number of carboxylic acid groups (broad SMARTS) is 1. The molecule has 0 spiro atoms. The topological polar surface area (TPSA) is 66.8 Å². The van der Waals surface area contributed by atoms with Gasteiger partial charge in [0.1, 0.15) is 5.60 Å². The number of aliphatic carboxylic acids is 1. The van der Waals surface area contributed by atoms with Crippen molar-refractivity contribution < 1.29 is 19.4 Å². The van der Waals surface area contributed by atoms with Crippen molar-refractivity contribution in [3.63, 3.8) is 0 Å². The molecule has 2 aliphatic heterocycles. The minimum atomic E-state index is -0.761. The van der Waals surface area contributed by atoms with Crippen molar-refractivity contribution in [3.05, 3.63) is 0 Å². The van der Waals surface area contributed by atoms with Crippen molar-refractivity contribution in [2.75, 3.05) is 6.54 Å². The smallest absolute Gasteiger partial charge is 0.410 e. The van der Waals surface area contributed by atoms with E-state index in [9.17, 15) is 9.59 Å². The van der Waals surface area contributed by atoms with Crippen LogP contribution in [0.1, 0.15) is 40.5 Å². The van der Waals surface area contributed by atoms with Crippen LogP contribution in [0.15, 0.2) is 0 Å². The summed E-state index contributed by atoms with van der Waals surface area (Å²) in [6, 6.07) is 0.175. The molecule has 3 fully saturated rings. The number of nitrogens with zero attached hydrogens (tertiary/aromatic N) is 1. The summed E-state index contributed by atoms with van der Waals surface area (Å²) in [5, 5.41) is 8.87. The monoisotopic (exact) mass is 269 g/mol. The van der Waals surface area contributed by atoms with Crippen LogP contribution in [0.25, 0.3) is 0 Å². The first kappa shape index (κ1) is 14.2. The lowest BCUT2D eigenvalue weighted by molar-refractivity contribution is -0.138. The lowest BCUT2D eigenvalue weighted by atomic mass is 9.67. The number of carboxylic acids is 1. The second-order valence-corrected chi connectivity index (χ2v) is 6.85. The fourth-order valence-corrected chi connectivity index (χ4v) is 3.45. The van der Waals surface area contributed by atoms with E-state index in [-0.39, 0.29) is 24.5 Å². The molecule has 3 aliphatic rings. The molecular formula is C14H23NO4. The van der Waals surface area contributed by atoms with Gasteiger partial charge in [-0.1, -0.05) is 6.92 Å². The molecule has 2 heterocycles. The second kappa shape index (κ2) is 4.69. The Balaban J connectivity index is 1.95. The van der Waals surface area contributed by atoms with E-state index in [0.29, 0.717) is 18.4 Å². The van der Waals surface area contributed by atoms with Gasteiger partial charge in [-0.05, 0) is 44.9 Å². The summed E-state index contributed by atoms with van der Waals surface area (Å²) in [7, 11) is 0. The summed E-state index contributed by atoms with van der Waals surface area (Å²) in [6.45, 7) is 8.26. The van der Waals surface area contributed by atoms with E-state index >= 15 is 0 Å². The zero-order valence-electron chi connectivity index (χ0n) is 12.0. The predicted molar refractivity (Wildman–Crippen MR) is 69.7 cm³/mol. The largest absolute Gasteiger partial charge is 0.481 e. The molecular weight excluding hydrogens is 246 g/mol. The Labute approximate surface area is 113 Å². The van der Waals surface area contributed by atoms with E-state index in [2.05, 4.69) is 0 Å². The van der Waals surface area contributed by atoms with Gasteiger partial charge in [0.25, 0.3) is 0 Å². The molecule has 1 N–H and O–H groups in total. The van der Waals surface area contributed by atoms with Crippen molar-refractivity contribution >= 4 is 12.1 Å². The van der Waals surface area contributed by atoms with Crippen LogP contribution in [0.4, 0.5) is 4.79 Å². The van der Waals surface area contributed by atoms with Gasteiger partial charge in [0.2, 0.25) is 0 Å². The first-order valence-electron chi connectivity index (χ1n) is 6.90. The molecule has 0 radical (unpaired) electrons. The number of hydrogen-bond acceptors (Lipinski definition) is 3. The fraction of sp³-hybridized carbons (Fsp3) is 0.857. The molecule has 1 amide bonds. The number of rotatable bonds is 3. The SMILES string of the molecule is CC(CC(=O)O)C1[C@H]2C[C@@H]1N(C(=O)OC(C)(C)C)C2. The fourth-order valence-electron chi connectivity index (χ4n) is 3.45. The third kappa shape index (κ3) is 2.85. The Morgan fingerprint density at radius 2 is 2.05 bits per heavy atom. The zero-order chi connectivity index (χ0) is 14.4. The molecule has 0 aromatic rings. The minimum absolute atomic E-state index is 0.119. The van der Waals surface area contributed by atoms with Gasteiger partial charge < -0.3 is 14.7 Å². The third-order valence-corrected chi connectivity index (χ3v) is 4.15. The van der Waals surface area contributed by atoms with Crippen molar-refractivity contribution in [1.29, 1.82) is 0 Å². The Bertz CT molecular complexity index is 387. The van der Waals surface area contributed by atoms with Gasteiger partial charge in [0.15, 0.2) is 0 Å². The maximum Gasteiger partial charge on any atom is 0.410 e. The normalized spacial score (nSPS) is 30.7.